The van der Waals surface area contributed by atoms with Gasteiger partial charge in [-0.05, 0) is 24.2 Å². The van der Waals surface area contributed by atoms with Crippen LogP contribution in [0.2, 0.25) is 0 Å². The van der Waals surface area contributed by atoms with E-state index in [2.05, 4.69) is 28.2 Å². The minimum atomic E-state index is -0.427. The number of nitro benzene ring substituents is 1. The molecule has 162 valence electrons. The topological polar surface area (TPSA) is 85.4 Å². The van der Waals surface area contributed by atoms with Crippen molar-refractivity contribution in [3.8, 4) is 6.07 Å². The predicted molar refractivity (Wildman–Crippen MR) is 126 cm³/mol. The largest absolute Gasteiger partial charge is 0.369 e. The summed E-state index contributed by atoms with van der Waals surface area (Å²) in [5, 5.41) is 25.0. The van der Waals surface area contributed by atoms with E-state index in [1.54, 1.807) is 6.07 Å². The van der Waals surface area contributed by atoms with Gasteiger partial charge in [0.05, 0.1) is 22.2 Å². The molecule has 0 unspecified atom stereocenters. The van der Waals surface area contributed by atoms with Crippen molar-refractivity contribution in [3.05, 3.63) is 99.6 Å². The smallest absolute Gasteiger partial charge is 0.293 e. The number of benzene rings is 3. The van der Waals surface area contributed by atoms with Gasteiger partial charge in [0, 0.05) is 32.2 Å². The van der Waals surface area contributed by atoms with E-state index in [1.165, 1.54) is 6.07 Å². The molecule has 1 saturated heterocycles. The van der Waals surface area contributed by atoms with Gasteiger partial charge in [0.2, 0.25) is 0 Å². The molecule has 1 fully saturated rings. The van der Waals surface area contributed by atoms with Gasteiger partial charge in [0.1, 0.15) is 11.8 Å². The first-order valence-electron chi connectivity index (χ1n) is 10.6. The molecule has 3 aromatic rings. The van der Waals surface area contributed by atoms with Crippen molar-refractivity contribution >= 4 is 17.1 Å². The summed E-state index contributed by atoms with van der Waals surface area (Å²) in [7, 11) is 2.07. The molecule has 0 saturated carbocycles. The Morgan fingerprint density at radius 1 is 0.969 bits per heavy atom. The molecular formula is C25H25N5O2. The van der Waals surface area contributed by atoms with Gasteiger partial charge in [-0.3, -0.25) is 10.1 Å². The molecule has 32 heavy (non-hydrogen) atoms. The van der Waals surface area contributed by atoms with Gasteiger partial charge in [-0.1, -0.05) is 60.7 Å². The molecule has 1 aliphatic heterocycles. The third-order valence-electron chi connectivity index (χ3n) is 5.84. The minimum absolute atomic E-state index is 0.101. The zero-order valence-electron chi connectivity index (χ0n) is 17.9. The van der Waals surface area contributed by atoms with Crippen molar-refractivity contribution in [1.82, 2.24) is 4.90 Å². The Labute approximate surface area is 187 Å². The maximum absolute atomic E-state index is 11.9. The van der Waals surface area contributed by atoms with Crippen LogP contribution < -0.4 is 10.2 Å². The van der Waals surface area contributed by atoms with Crippen molar-refractivity contribution in [2.75, 3.05) is 43.4 Å². The first kappa shape index (κ1) is 21.3. The summed E-state index contributed by atoms with van der Waals surface area (Å²) in [5.41, 5.74) is 3.35. The zero-order chi connectivity index (χ0) is 22.5. The summed E-state index contributed by atoms with van der Waals surface area (Å²) >= 11 is 0. The SMILES string of the molecule is CN1CCN(c2cc(NC(c3ccccc3)c3ccccc3)c([N+](=O)[O-])cc2C#N)CC1. The van der Waals surface area contributed by atoms with Crippen LogP contribution in [-0.2, 0) is 0 Å². The van der Waals surface area contributed by atoms with E-state index >= 15 is 0 Å². The fourth-order valence-electron chi connectivity index (χ4n) is 4.05. The number of likely N-dealkylation sites (N-methyl/N-ethyl adjacent to an activating group) is 1. The highest BCUT2D eigenvalue weighted by atomic mass is 16.6. The van der Waals surface area contributed by atoms with Crippen LogP contribution in [0.5, 0.6) is 0 Å². The summed E-state index contributed by atoms with van der Waals surface area (Å²) in [5.74, 6) is 0. The normalized spacial score (nSPS) is 14.2. The Hall–Kier alpha value is -3.89. The summed E-state index contributed by atoms with van der Waals surface area (Å²) in [6, 6.07) is 24.8. The number of nitro groups is 1. The molecule has 4 rings (SSSR count). The molecular weight excluding hydrogens is 402 g/mol. The lowest BCUT2D eigenvalue weighted by atomic mass is 9.98. The highest BCUT2D eigenvalue weighted by Gasteiger charge is 2.25. The van der Waals surface area contributed by atoms with E-state index < -0.39 is 4.92 Å². The molecule has 1 heterocycles. The summed E-state index contributed by atoms with van der Waals surface area (Å²) in [6.45, 7) is 3.29. The van der Waals surface area contributed by atoms with Gasteiger partial charge in [-0.25, -0.2) is 0 Å². The number of nitrogens with one attached hydrogen (secondary N) is 1. The highest BCUT2D eigenvalue weighted by molar-refractivity contribution is 5.75. The lowest BCUT2D eigenvalue weighted by Crippen LogP contribution is -2.44. The second kappa shape index (κ2) is 9.50. The van der Waals surface area contributed by atoms with Crippen molar-refractivity contribution in [2.24, 2.45) is 0 Å². The van der Waals surface area contributed by atoms with Gasteiger partial charge in [0.15, 0.2) is 0 Å². The van der Waals surface area contributed by atoms with E-state index in [-0.39, 0.29) is 11.7 Å². The van der Waals surface area contributed by atoms with Crippen LogP contribution in [0.15, 0.2) is 72.8 Å². The lowest BCUT2D eigenvalue weighted by Gasteiger charge is -2.34. The van der Waals surface area contributed by atoms with Crippen molar-refractivity contribution in [1.29, 1.82) is 5.26 Å². The monoisotopic (exact) mass is 427 g/mol. The Kier molecular flexibility index (Phi) is 6.34. The van der Waals surface area contributed by atoms with Gasteiger partial charge in [-0.15, -0.1) is 0 Å². The summed E-state index contributed by atoms with van der Waals surface area (Å²) < 4.78 is 0. The Morgan fingerprint density at radius 2 is 1.53 bits per heavy atom. The minimum Gasteiger partial charge on any atom is -0.369 e. The number of hydrogen-bond donors (Lipinski definition) is 1. The summed E-state index contributed by atoms with van der Waals surface area (Å²) in [4.78, 5) is 15.8. The molecule has 0 radical (unpaired) electrons. The molecule has 0 atom stereocenters. The van der Waals surface area contributed by atoms with E-state index in [0.29, 0.717) is 11.3 Å². The average molecular weight is 428 g/mol. The third kappa shape index (κ3) is 4.56. The fraction of sp³-hybridized carbons (Fsp3) is 0.240. The van der Waals surface area contributed by atoms with Gasteiger partial charge >= 0.3 is 0 Å². The lowest BCUT2D eigenvalue weighted by molar-refractivity contribution is -0.384. The number of nitrogens with zero attached hydrogens (tertiary/aromatic N) is 4. The van der Waals surface area contributed by atoms with E-state index in [1.807, 2.05) is 60.7 Å². The second-order valence-electron chi connectivity index (χ2n) is 7.94. The van der Waals surface area contributed by atoms with Gasteiger partial charge < -0.3 is 15.1 Å². The molecule has 0 bridgehead atoms. The molecule has 0 spiro atoms. The quantitative estimate of drug-likeness (QED) is 0.463. The van der Waals surface area contributed by atoms with Crippen LogP contribution in [-0.4, -0.2) is 43.0 Å². The Morgan fingerprint density at radius 3 is 2.03 bits per heavy atom. The Balaban J connectivity index is 1.79. The fourth-order valence-corrected chi connectivity index (χ4v) is 4.05. The van der Waals surface area contributed by atoms with Crippen LogP contribution in [0, 0.1) is 21.4 Å². The molecule has 3 aromatic carbocycles. The second-order valence-corrected chi connectivity index (χ2v) is 7.94. The third-order valence-corrected chi connectivity index (χ3v) is 5.84. The van der Waals surface area contributed by atoms with Crippen molar-refractivity contribution < 1.29 is 4.92 Å². The Bertz CT molecular complexity index is 1080. The first-order valence-corrected chi connectivity index (χ1v) is 10.6. The molecule has 1 N–H and O–H groups in total. The van der Waals surface area contributed by atoms with Crippen molar-refractivity contribution in [2.45, 2.75) is 6.04 Å². The molecule has 7 heteroatoms. The van der Waals surface area contributed by atoms with Gasteiger partial charge in [0.25, 0.3) is 5.69 Å². The van der Waals surface area contributed by atoms with Gasteiger partial charge in [-0.2, -0.15) is 5.26 Å². The standard InChI is InChI=1S/C25H25N5O2/c1-28-12-14-29(15-13-28)23-17-22(24(30(31)32)16-21(23)18-26)27-25(19-8-4-2-5-9-19)20-10-6-3-7-11-20/h2-11,16-17,25,27H,12-15H2,1H3. The maximum atomic E-state index is 11.9. The van der Waals surface area contributed by atoms with Crippen LogP contribution in [0.3, 0.4) is 0 Å². The number of nitriles is 1. The molecule has 7 nitrogen and oxygen atoms in total. The number of hydrogen-bond acceptors (Lipinski definition) is 6. The molecule has 1 aliphatic rings. The maximum Gasteiger partial charge on any atom is 0.293 e. The summed E-state index contributed by atoms with van der Waals surface area (Å²) in [6.07, 6.45) is 0. The molecule has 0 aromatic heterocycles. The predicted octanol–water partition coefficient (Wildman–Crippen LogP) is 4.42. The average Bonchev–Trinajstić information content (AvgIpc) is 2.83. The van der Waals surface area contributed by atoms with E-state index in [4.69, 9.17) is 0 Å². The first-order chi connectivity index (χ1) is 15.6. The number of anilines is 2. The molecule has 0 aliphatic carbocycles. The van der Waals surface area contributed by atoms with Crippen LogP contribution in [0.1, 0.15) is 22.7 Å². The van der Waals surface area contributed by atoms with Crippen LogP contribution in [0.25, 0.3) is 0 Å². The van der Waals surface area contributed by atoms with Crippen molar-refractivity contribution in [3.63, 3.8) is 0 Å². The number of piperazine rings is 1. The van der Waals surface area contributed by atoms with E-state index in [9.17, 15) is 15.4 Å². The number of rotatable bonds is 6. The van der Waals surface area contributed by atoms with Crippen LogP contribution in [0.4, 0.5) is 17.1 Å². The molecule has 0 amide bonds. The highest BCUT2D eigenvalue weighted by Crippen LogP contribution is 2.37. The zero-order valence-corrected chi connectivity index (χ0v) is 17.9. The van der Waals surface area contributed by atoms with Crippen LogP contribution >= 0.6 is 0 Å². The van der Waals surface area contributed by atoms with E-state index in [0.717, 1.165) is 43.0 Å².